The van der Waals surface area contributed by atoms with Gasteiger partial charge in [-0.15, -0.1) is 0 Å². The summed E-state index contributed by atoms with van der Waals surface area (Å²) in [6.07, 6.45) is 1.67. The second-order valence-corrected chi connectivity index (χ2v) is 8.82. The van der Waals surface area contributed by atoms with Gasteiger partial charge in [-0.1, -0.05) is 0 Å². The summed E-state index contributed by atoms with van der Waals surface area (Å²) < 4.78 is 1.91. The van der Waals surface area contributed by atoms with Crippen molar-refractivity contribution in [2.75, 3.05) is 19.6 Å². The average Bonchev–Trinajstić information content (AvgIpc) is 3.34. The Kier molecular flexibility index (Phi) is 5.68. The van der Waals surface area contributed by atoms with E-state index in [0.29, 0.717) is 56.1 Å². The number of rotatable bonds is 4. The fraction of sp³-hybridized carbons (Fsp3) is 0.591. The summed E-state index contributed by atoms with van der Waals surface area (Å²) in [5.74, 6) is 0.698. The number of nitrogens with one attached hydrogen (secondary N) is 1. The third-order valence-corrected chi connectivity index (χ3v) is 6.40. The Bertz CT molecular complexity index is 1070. The minimum Gasteiger partial charge on any atom is -0.342 e. The van der Waals surface area contributed by atoms with Crippen LogP contribution in [0.4, 0.5) is 0 Å². The number of hydrogen-bond acceptors (Lipinski definition) is 5. The maximum atomic E-state index is 12.9. The lowest BCUT2D eigenvalue weighted by molar-refractivity contribution is -0.131. The van der Waals surface area contributed by atoms with E-state index < -0.39 is 0 Å². The molecule has 1 fully saturated rings. The van der Waals surface area contributed by atoms with Crippen LogP contribution < -0.4 is 5.56 Å². The maximum Gasteiger partial charge on any atom is 0.254 e. The van der Waals surface area contributed by atoms with E-state index in [-0.39, 0.29) is 29.3 Å². The topological polar surface area (TPSA) is 104 Å². The van der Waals surface area contributed by atoms with Crippen LogP contribution in [0.3, 0.4) is 0 Å². The zero-order valence-corrected chi connectivity index (χ0v) is 18.6. The highest BCUT2D eigenvalue weighted by atomic mass is 16.2. The van der Waals surface area contributed by atoms with Gasteiger partial charge in [0.15, 0.2) is 0 Å². The van der Waals surface area contributed by atoms with Gasteiger partial charge in [-0.3, -0.25) is 19.1 Å². The molecule has 0 spiro atoms. The van der Waals surface area contributed by atoms with Crippen molar-refractivity contribution in [3.05, 3.63) is 44.9 Å². The first-order valence-electron chi connectivity index (χ1n) is 10.9. The highest BCUT2D eigenvalue weighted by Crippen LogP contribution is 2.27. The van der Waals surface area contributed by atoms with E-state index in [9.17, 15) is 14.4 Å². The lowest BCUT2D eigenvalue weighted by Crippen LogP contribution is -2.38. The number of H-pyrrole nitrogens is 1. The smallest absolute Gasteiger partial charge is 0.254 e. The van der Waals surface area contributed by atoms with Gasteiger partial charge in [0.1, 0.15) is 5.82 Å². The van der Waals surface area contributed by atoms with Crippen molar-refractivity contribution in [3.8, 4) is 0 Å². The first-order chi connectivity index (χ1) is 14.7. The normalized spacial score (nSPS) is 19.4. The number of hydrogen-bond donors (Lipinski definition) is 1. The molecule has 0 aliphatic carbocycles. The molecule has 2 aliphatic heterocycles. The second kappa shape index (κ2) is 8.28. The summed E-state index contributed by atoms with van der Waals surface area (Å²) in [5.41, 5.74) is 3.23. The summed E-state index contributed by atoms with van der Waals surface area (Å²) in [6, 6.07) is 2.00. The van der Waals surface area contributed by atoms with Crippen molar-refractivity contribution in [3.63, 3.8) is 0 Å². The molecule has 0 bridgehead atoms. The van der Waals surface area contributed by atoms with Gasteiger partial charge in [0.05, 0.1) is 24.0 Å². The Balaban J connectivity index is 1.44. The fourth-order valence-electron chi connectivity index (χ4n) is 4.69. The third kappa shape index (κ3) is 4.26. The van der Waals surface area contributed by atoms with Crippen LogP contribution in [0.25, 0.3) is 0 Å². The molecule has 9 heteroatoms. The van der Waals surface area contributed by atoms with Gasteiger partial charge in [-0.2, -0.15) is 5.10 Å². The van der Waals surface area contributed by atoms with Crippen LogP contribution in [0.1, 0.15) is 67.1 Å². The number of aryl methyl sites for hydroxylation is 2. The van der Waals surface area contributed by atoms with E-state index in [1.807, 2.05) is 36.4 Å². The van der Waals surface area contributed by atoms with Gasteiger partial charge in [0.2, 0.25) is 11.8 Å². The van der Waals surface area contributed by atoms with Crippen LogP contribution in [0.2, 0.25) is 0 Å². The molecule has 0 radical (unpaired) electrons. The average molecular weight is 427 g/mol. The Morgan fingerprint density at radius 3 is 2.71 bits per heavy atom. The molecule has 1 saturated heterocycles. The molecule has 2 aromatic heterocycles. The van der Waals surface area contributed by atoms with Crippen molar-refractivity contribution in [1.29, 1.82) is 0 Å². The van der Waals surface area contributed by atoms with E-state index in [1.165, 1.54) is 6.92 Å². The molecule has 2 unspecified atom stereocenters. The van der Waals surface area contributed by atoms with Crippen LogP contribution in [0.5, 0.6) is 0 Å². The summed E-state index contributed by atoms with van der Waals surface area (Å²) in [4.78, 5) is 48.4. The number of amides is 2. The maximum absolute atomic E-state index is 12.9. The van der Waals surface area contributed by atoms with Crippen LogP contribution in [0.15, 0.2) is 10.9 Å². The predicted octanol–water partition coefficient (Wildman–Crippen LogP) is 1.46. The summed E-state index contributed by atoms with van der Waals surface area (Å²) in [7, 11) is 0. The van der Waals surface area contributed by atoms with Crippen LogP contribution in [-0.4, -0.2) is 61.0 Å². The van der Waals surface area contributed by atoms with Gasteiger partial charge in [0, 0.05) is 50.2 Å². The number of aromatic amines is 1. The first kappa shape index (κ1) is 21.3. The van der Waals surface area contributed by atoms with Gasteiger partial charge in [0.25, 0.3) is 5.56 Å². The fourth-order valence-corrected chi connectivity index (χ4v) is 4.69. The summed E-state index contributed by atoms with van der Waals surface area (Å²) in [6.45, 7) is 9.60. The summed E-state index contributed by atoms with van der Waals surface area (Å²) >= 11 is 0. The Hall–Kier alpha value is -2.97. The van der Waals surface area contributed by atoms with Crippen molar-refractivity contribution >= 4 is 11.8 Å². The van der Waals surface area contributed by atoms with Crippen molar-refractivity contribution in [2.24, 2.45) is 0 Å². The summed E-state index contributed by atoms with van der Waals surface area (Å²) in [5, 5.41) is 4.49. The number of aromatic nitrogens is 4. The lowest BCUT2D eigenvalue weighted by Gasteiger charge is -2.27. The van der Waals surface area contributed by atoms with Crippen LogP contribution >= 0.6 is 0 Å². The minimum absolute atomic E-state index is 0.00125. The van der Waals surface area contributed by atoms with Gasteiger partial charge in [-0.25, -0.2) is 4.98 Å². The van der Waals surface area contributed by atoms with E-state index in [0.717, 1.165) is 17.8 Å². The molecular weight excluding hydrogens is 396 g/mol. The van der Waals surface area contributed by atoms with Crippen molar-refractivity contribution in [2.45, 2.75) is 65.5 Å². The van der Waals surface area contributed by atoms with Crippen molar-refractivity contribution < 1.29 is 9.59 Å². The molecule has 4 rings (SSSR count). The predicted molar refractivity (Wildman–Crippen MR) is 115 cm³/mol. The largest absolute Gasteiger partial charge is 0.342 e. The molecule has 0 aromatic carbocycles. The standard InChI is InChI=1S/C22H30N6O3/c1-13-9-14(2)28(25-13)15(3)10-20(30)27-7-5-17(11-27)21-23-19-12-26(16(4)29)8-6-18(19)22(31)24-21/h9,15,17H,5-8,10-12H2,1-4H3,(H,23,24,31). The first-order valence-corrected chi connectivity index (χ1v) is 10.9. The number of carbonyl (C=O) groups is 2. The van der Waals surface area contributed by atoms with E-state index in [2.05, 4.69) is 10.1 Å². The molecule has 166 valence electrons. The van der Waals surface area contributed by atoms with Gasteiger partial charge < -0.3 is 14.8 Å². The zero-order chi connectivity index (χ0) is 22.3. The minimum atomic E-state index is -0.119. The monoisotopic (exact) mass is 426 g/mol. The number of carbonyl (C=O) groups excluding carboxylic acids is 2. The Morgan fingerprint density at radius 1 is 1.26 bits per heavy atom. The van der Waals surface area contributed by atoms with E-state index >= 15 is 0 Å². The molecule has 2 aliphatic rings. The molecule has 4 heterocycles. The van der Waals surface area contributed by atoms with Gasteiger partial charge in [-0.05, 0) is 39.7 Å². The molecule has 31 heavy (non-hydrogen) atoms. The third-order valence-electron chi connectivity index (χ3n) is 6.40. The highest BCUT2D eigenvalue weighted by molar-refractivity contribution is 5.77. The number of nitrogens with zero attached hydrogens (tertiary/aromatic N) is 5. The molecule has 0 saturated carbocycles. The Morgan fingerprint density at radius 2 is 2.03 bits per heavy atom. The zero-order valence-electron chi connectivity index (χ0n) is 18.6. The lowest BCUT2D eigenvalue weighted by atomic mass is 10.0. The van der Waals surface area contributed by atoms with Crippen LogP contribution in [-0.2, 0) is 22.6 Å². The Labute approximate surface area is 181 Å². The molecule has 2 aromatic rings. The quantitative estimate of drug-likeness (QED) is 0.797. The highest BCUT2D eigenvalue weighted by Gasteiger charge is 2.31. The molecule has 1 N–H and O–H groups in total. The molecule has 2 atom stereocenters. The van der Waals surface area contributed by atoms with E-state index in [4.69, 9.17) is 4.98 Å². The molecule has 9 nitrogen and oxygen atoms in total. The van der Waals surface area contributed by atoms with Crippen molar-refractivity contribution in [1.82, 2.24) is 29.5 Å². The van der Waals surface area contributed by atoms with Crippen LogP contribution in [0, 0.1) is 13.8 Å². The molecule has 2 amide bonds. The SMILES string of the molecule is CC(=O)N1CCc2c(nc(C3CCN(C(=O)CC(C)n4nc(C)cc4C)C3)[nH]c2=O)C1. The number of fused-ring (bicyclic) bond motifs is 1. The second-order valence-electron chi connectivity index (χ2n) is 8.82. The number of likely N-dealkylation sites (tertiary alicyclic amines) is 1. The van der Waals surface area contributed by atoms with Gasteiger partial charge >= 0.3 is 0 Å². The molecular formula is C22H30N6O3. The van der Waals surface area contributed by atoms with E-state index in [1.54, 1.807) is 4.90 Å².